The molecule has 1 fully saturated rings. The number of hydrogen-bond acceptors (Lipinski definition) is 4. The lowest BCUT2D eigenvalue weighted by Gasteiger charge is -2.07. The Morgan fingerprint density at radius 1 is 1.64 bits per heavy atom. The van der Waals surface area contributed by atoms with Gasteiger partial charge in [-0.3, -0.25) is 4.18 Å². The van der Waals surface area contributed by atoms with Crippen molar-refractivity contribution in [2.45, 2.75) is 18.9 Å². The lowest BCUT2D eigenvalue weighted by molar-refractivity contribution is 0.284. The first-order valence-electron chi connectivity index (χ1n) is 3.66. The topological polar surface area (TPSA) is 55.4 Å². The molecule has 1 aliphatic rings. The van der Waals surface area contributed by atoms with Crippen molar-refractivity contribution < 1.29 is 12.6 Å². The zero-order chi connectivity index (χ0) is 8.32. The molecule has 0 aromatic heterocycles. The van der Waals surface area contributed by atoms with Gasteiger partial charge in [0.25, 0.3) is 10.1 Å². The summed E-state index contributed by atoms with van der Waals surface area (Å²) >= 11 is 0. The quantitative estimate of drug-likeness (QED) is 0.605. The highest BCUT2D eigenvalue weighted by Crippen LogP contribution is 2.05. The third kappa shape index (κ3) is 3.69. The molecule has 66 valence electrons. The van der Waals surface area contributed by atoms with Crippen molar-refractivity contribution in [1.82, 2.24) is 5.32 Å². The third-order valence-corrected chi connectivity index (χ3v) is 2.21. The Kier molecular flexibility index (Phi) is 2.86. The van der Waals surface area contributed by atoms with Crippen molar-refractivity contribution >= 4 is 10.1 Å². The maximum Gasteiger partial charge on any atom is 0.264 e. The van der Waals surface area contributed by atoms with E-state index in [1.165, 1.54) is 0 Å². The van der Waals surface area contributed by atoms with Crippen LogP contribution in [-0.4, -0.2) is 33.9 Å². The molecule has 1 N–H and O–H groups in total. The molecule has 11 heavy (non-hydrogen) atoms. The highest BCUT2D eigenvalue weighted by atomic mass is 32.2. The van der Waals surface area contributed by atoms with Crippen molar-refractivity contribution in [2.24, 2.45) is 0 Å². The van der Waals surface area contributed by atoms with Crippen LogP contribution in [0.3, 0.4) is 0 Å². The molecule has 0 radical (unpaired) electrons. The SMILES string of the molecule is CS(=O)(=O)OC[C@H]1CCCN1. The summed E-state index contributed by atoms with van der Waals surface area (Å²) in [6, 6.07) is 0.227. The highest BCUT2D eigenvalue weighted by Gasteiger charge is 2.15. The summed E-state index contributed by atoms with van der Waals surface area (Å²) < 4.78 is 25.7. The molecule has 4 nitrogen and oxygen atoms in total. The normalized spacial score (nSPS) is 25.7. The fourth-order valence-corrected chi connectivity index (χ4v) is 1.52. The van der Waals surface area contributed by atoms with Crippen molar-refractivity contribution in [3.05, 3.63) is 0 Å². The van der Waals surface area contributed by atoms with Crippen LogP contribution >= 0.6 is 0 Å². The minimum atomic E-state index is -3.25. The van der Waals surface area contributed by atoms with Crippen LogP contribution < -0.4 is 5.32 Å². The van der Waals surface area contributed by atoms with E-state index < -0.39 is 10.1 Å². The molecule has 1 atom stereocenters. The van der Waals surface area contributed by atoms with E-state index in [9.17, 15) is 8.42 Å². The molecule has 0 unspecified atom stereocenters. The lowest BCUT2D eigenvalue weighted by atomic mass is 10.2. The summed E-state index contributed by atoms with van der Waals surface area (Å²) in [5, 5.41) is 3.14. The van der Waals surface area contributed by atoms with Crippen molar-refractivity contribution in [2.75, 3.05) is 19.4 Å². The van der Waals surface area contributed by atoms with Gasteiger partial charge < -0.3 is 5.32 Å². The predicted octanol–water partition coefficient (Wildman–Crippen LogP) is -0.285. The minimum Gasteiger partial charge on any atom is -0.312 e. The van der Waals surface area contributed by atoms with E-state index >= 15 is 0 Å². The van der Waals surface area contributed by atoms with Crippen molar-refractivity contribution in [3.63, 3.8) is 0 Å². The Bertz CT molecular complexity index is 206. The monoisotopic (exact) mass is 179 g/mol. The Morgan fingerprint density at radius 3 is 2.82 bits per heavy atom. The fraction of sp³-hybridized carbons (Fsp3) is 1.00. The predicted molar refractivity (Wildman–Crippen MR) is 41.8 cm³/mol. The van der Waals surface area contributed by atoms with Gasteiger partial charge in [-0.05, 0) is 19.4 Å². The van der Waals surface area contributed by atoms with Gasteiger partial charge in [-0.15, -0.1) is 0 Å². The van der Waals surface area contributed by atoms with Gasteiger partial charge in [0.2, 0.25) is 0 Å². The molecule has 1 aliphatic heterocycles. The minimum absolute atomic E-state index is 0.227. The second-order valence-electron chi connectivity index (χ2n) is 2.78. The maximum absolute atomic E-state index is 10.5. The molecule has 5 heteroatoms. The molecular weight excluding hydrogens is 166 g/mol. The summed E-state index contributed by atoms with van der Waals surface area (Å²) in [6.45, 7) is 1.25. The fourth-order valence-electron chi connectivity index (χ4n) is 1.10. The van der Waals surface area contributed by atoms with Gasteiger partial charge in [0.05, 0.1) is 12.9 Å². The summed E-state index contributed by atoms with van der Waals surface area (Å²) in [5.74, 6) is 0. The zero-order valence-electron chi connectivity index (χ0n) is 6.54. The van der Waals surface area contributed by atoms with E-state index in [0.29, 0.717) is 0 Å². The van der Waals surface area contributed by atoms with Crippen LogP contribution in [0.1, 0.15) is 12.8 Å². The average Bonchev–Trinajstić information content (AvgIpc) is 2.32. The van der Waals surface area contributed by atoms with Gasteiger partial charge in [-0.25, -0.2) is 0 Å². The van der Waals surface area contributed by atoms with Crippen molar-refractivity contribution in [3.8, 4) is 0 Å². The Balaban J connectivity index is 2.22. The Labute approximate surface area is 67.1 Å². The van der Waals surface area contributed by atoms with Gasteiger partial charge >= 0.3 is 0 Å². The van der Waals surface area contributed by atoms with E-state index in [1.54, 1.807) is 0 Å². The standard InChI is InChI=1S/C6H13NO3S/c1-11(8,9)10-5-6-3-2-4-7-6/h6-7H,2-5H2,1H3/t6-/m1/s1. The van der Waals surface area contributed by atoms with Crippen LogP contribution in [0, 0.1) is 0 Å². The molecule has 1 rings (SSSR count). The first-order chi connectivity index (χ1) is 5.08. The van der Waals surface area contributed by atoms with Crippen LogP contribution in [-0.2, 0) is 14.3 Å². The number of hydrogen-bond donors (Lipinski definition) is 1. The first-order valence-corrected chi connectivity index (χ1v) is 5.47. The summed E-state index contributed by atoms with van der Waals surface area (Å²) in [4.78, 5) is 0. The molecule has 0 spiro atoms. The molecule has 0 saturated carbocycles. The summed E-state index contributed by atoms with van der Waals surface area (Å²) in [5.41, 5.74) is 0. The molecule has 0 aromatic carbocycles. The van der Waals surface area contributed by atoms with Gasteiger partial charge in [0.15, 0.2) is 0 Å². The summed E-state index contributed by atoms with van der Waals surface area (Å²) in [7, 11) is -3.25. The van der Waals surface area contributed by atoms with Gasteiger partial charge in [-0.1, -0.05) is 0 Å². The van der Waals surface area contributed by atoms with Gasteiger partial charge in [0, 0.05) is 6.04 Å². The second kappa shape index (κ2) is 3.51. The van der Waals surface area contributed by atoms with Crippen LogP contribution in [0.15, 0.2) is 0 Å². The molecule has 1 heterocycles. The molecule has 0 aliphatic carbocycles. The number of rotatable bonds is 3. The lowest BCUT2D eigenvalue weighted by Crippen LogP contribution is -2.27. The van der Waals surface area contributed by atoms with Crippen molar-refractivity contribution in [1.29, 1.82) is 0 Å². The van der Waals surface area contributed by atoms with E-state index in [4.69, 9.17) is 0 Å². The highest BCUT2D eigenvalue weighted by molar-refractivity contribution is 7.85. The Morgan fingerprint density at radius 2 is 2.36 bits per heavy atom. The smallest absolute Gasteiger partial charge is 0.264 e. The summed E-state index contributed by atoms with van der Waals surface area (Å²) in [6.07, 6.45) is 3.19. The largest absolute Gasteiger partial charge is 0.312 e. The van der Waals surface area contributed by atoms with Crippen LogP contribution in [0.4, 0.5) is 0 Å². The van der Waals surface area contributed by atoms with E-state index in [0.717, 1.165) is 25.6 Å². The molecule has 1 saturated heterocycles. The third-order valence-electron chi connectivity index (χ3n) is 1.65. The van der Waals surface area contributed by atoms with E-state index in [2.05, 4.69) is 9.50 Å². The second-order valence-corrected chi connectivity index (χ2v) is 4.43. The van der Waals surface area contributed by atoms with E-state index in [-0.39, 0.29) is 12.6 Å². The van der Waals surface area contributed by atoms with Crippen LogP contribution in [0.5, 0.6) is 0 Å². The van der Waals surface area contributed by atoms with Gasteiger partial charge in [0.1, 0.15) is 0 Å². The van der Waals surface area contributed by atoms with Crippen LogP contribution in [0.25, 0.3) is 0 Å². The van der Waals surface area contributed by atoms with Crippen LogP contribution in [0.2, 0.25) is 0 Å². The maximum atomic E-state index is 10.5. The molecular formula is C6H13NO3S. The number of nitrogens with one attached hydrogen (secondary N) is 1. The zero-order valence-corrected chi connectivity index (χ0v) is 7.36. The molecule has 0 amide bonds. The van der Waals surface area contributed by atoms with Gasteiger partial charge in [-0.2, -0.15) is 8.42 Å². The molecule has 0 aromatic rings. The molecule has 0 bridgehead atoms. The average molecular weight is 179 g/mol. The first kappa shape index (κ1) is 8.96. The Hall–Kier alpha value is -0.130. The van der Waals surface area contributed by atoms with E-state index in [1.807, 2.05) is 0 Å².